The summed E-state index contributed by atoms with van der Waals surface area (Å²) < 4.78 is 1.45. The summed E-state index contributed by atoms with van der Waals surface area (Å²) in [6.45, 7) is 1.86. The van der Waals surface area contributed by atoms with E-state index in [1.54, 1.807) is 30.6 Å². The zero-order chi connectivity index (χ0) is 11.8. The summed E-state index contributed by atoms with van der Waals surface area (Å²) in [5, 5.41) is 6.35. The molecule has 0 aliphatic heterocycles. The Bertz CT molecular complexity index is 728. The highest BCUT2D eigenvalue weighted by molar-refractivity contribution is 5.58. The lowest BCUT2D eigenvalue weighted by Crippen LogP contribution is -2.13. The molecule has 3 rings (SSSR count). The average Bonchev–Trinajstić information content (AvgIpc) is 2.71. The fourth-order valence-electron chi connectivity index (χ4n) is 1.74. The van der Waals surface area contributed by atoms with Crippen molar-refractivity contribution in [2.24, 2.45) is 0 Å². The molecule has 0 aromatic carbocycles. The van der Waals surface area contributed by atoms with E-state index < -0.39 is 0 Å². The molecule has 3 heterocycles. The third kappa shape index (κ3) is 1.50. The van der Waals surface area contributed by atoms with Gasteiger partial charge in [-0.3, -0.25) is 4.98 Å². The Morgan fingerprint density at radius 3 is 2.82 bits per heavy atom. The summed E-state index contributed by atoms with van der Waals surface area (Å²) in [4.78, 5) is 20.0. The van der Waals surface area contributed by atoms with E-state index >= 15 is 0 Å². The van der Waals surface area contributed by atoms with Crippen LogP contribution in [0.5, 0.6) is 0 Å². The lowest BCUT2D eigenvalue weighted by molar-refractivity contribution is 0.993. The minimum Gasteiger partial charge on any atom is -0.265 e. The second-order valence-electron chi connectivity index (χ2n) is 3.68. The molecule has 1 N–H and O–H groups in total. The van der Waals surface area contributed by atoms with E-state index in [1.165, 1.54) is 4.40 Å². The molecular weight excluding hydrogens is 218 g/mol. The molecule has 0 saturated heterocycles. The number of nitrogens with zero attached hydrogens (tertiary/aromatic N) is 4. The van der Waals surface area contributed by atoms with Crippen molar-refractivity contribution in [2.45, 2.75) is 6.92 Å². The molecule has 0 fully saturated rings. The van der Waals surface area contributed by atoms with Crippen LogP contribution < -0.4 is 5.69 Å². The first-order valence-electron chi connectivity index (χ1n) is 5.11. The largest absolute Gasteiger partial charge is 0.349 e. The van der Waals surface area contributed by atoms with Crippen molar-refractivity contribution in [2.75, 3.05) is 0 Å². The van der Waals surface area contributed by atoms with E-state index in [0.29, 0.717) is 11.5 Å². The van der Waals surface area contributed by atoms with Crippen LogP contribution in [0.3, 0.4) is 0 Å². The summed E-state index contributed by atoms with van der Waals surface area (Å²) in [7, 11) is 0. The van der Waals surface area contributed by atoms with Gasteiger partial charge in [0.25, 0.3) is 0 Å². The van der Waals surface area contributed by atoms with Crippen molar-refractivity contribution in [3.8, 4) is 11.4 Å². The number of hydrogen-bond donors (Lipinski definition) is 1. The molecule has 0 saturated carbocycles. The van der Waals surface area contributed by atoms with Crippen LogP contribution in [-0.2, 0) is 0 Å². The number of hydrogen-bond acceptors (Lipinski definition) is 4. The highest BCUT2D eigenvalue weighted by Gasteiger charge is 2.10. The molecule has 84 valence electrons. The maximum absolute atomic E-state index is 11.7. The molecule has 0 unspecified atom stereocenters. The lowest BCUT2D eigenvalue weighted by Gasteiger charge is -2.04. The van der Waals surface area contributed by atoms with Gasteiger partial charge in [-0.05, 0) is 19.1 Å². The van der Waals surface area contributed by atoms with Crippen molar-refractivity contribution >= 4 is 5.65 Å². The summed E-state index contributed by atoms with van der Waals surface area (Å²) in [6.07, 6.45) is 3.33. The Morgan fingerprint density at radius 2 is 2.06 bits per heavy atom. The summed E-state index contributed by atoms with van der Waals surface area (Å²) >= 11 is 0. The lowest BCUT2D eigenvalue weighted by atomic mass is 10.2. The number of nitrogens with one attached hydrogen (secondary N) is 1. The minimum absolute atomic E-state index is 0.292. The summed E-state index contributed by atoms with van der Waals surface area (Å²) in [5.41, 5.74) is 1.91. The standard InChI is InChI=1S/C11H9N5O/c1-7-6-9-14-15-11(17)16(9)10(13-7)8-2-4-12-5-3-8/h2-6H,1H3,(H,15,17). The number of fused-ring (bicyclic) bond motifs is 1. The van der Waals surface area contributed by atoms with Gasteiger partial charge >= 0.3 is 5.69 Å². The molecule has 6 nitrogen and oxygen atoms in total. The number of aryl methyl sites for hydroxylation is 1. The molecule has 6 heteroatoms. The van der Waals surface area contributed by atoms with E-state index in [1.807, 2.05) is 6.92 Å². The van der Waals surface area contributed by atoms with E-state index in [2.05, 4.69) is 20.2 Å². The fourth-order valence-corrected chi connectivity index (χ4v) is 1.74. The number of rotatable bonds is 1. The van der Waals surface area contributed by atoms with E-state index in [4.69, 9.17) is 0 Å². The van der Waals surface area contributed by atoms with Crippen LogP contribution in [0.1, 0.15) is 5.69 Å². The highest BCUT2D eigenvalue weighted by atomic mass is 16.1. The van der Waals surface area contributed by atoms with Crippen LogP contribution in [0, 0.1) is 6.92 Å². The van der Waals surface area contributed by atoms with Crippen LogP contribution in [0.15, 0.2) is 35.4 Å². The fraction of sp³-hybridized carbons (Fsp3) is 0.0909. The van der Waals surface area contributed by atoms with Gasteiger partial charge in [0.15, 0.2) is 5.65 Å². The highest BCUT2D eigenvalue weighted by Crippen LogP contribution is 2.16. The van der Waals surface area contributed by atoms with Crippen molar-refractivity contribution in [3.63, 3.8) is 0 Å². The minimum atomic E-state index is -0.292. The topological polar surface area (TPSA) is 75.9 Å². The number of H-pyrrole nitrogens is 1. The Kier molecular flexibility index (Phi) is 2.01. The number of aromatic nitrogens is 5. The first-order valence-corrected chi connectivity index (χ1v) is 5.11. The molecule has 3 aromatic rings. The van der Waals surface area contributed by atoms with Crippen molar-refractivity contribution in [1.29, 1.82) is 0 Å². The van der Waals surface area contributed by atoms with Crippen molar-refractivity contribution < 1.29 is 0 Å². The molecule has 0 aliphatic carbocycles. The Balaban J connectivity index is 2.43. The van der Waals surface area contributed by atoms with Crippen molar-refractivity contribution in [1.82, 2.24) is 24.6 Å². The van der Waals surface area contributed by atoms with Gasteiger partial charge in [-0.1, -0.05) is 0 Å². The van der Waals surface area contributed by atoms with Gasteiger partial charge in [0.2, 0.25) is 0 Å². The normalized spacial score (nSPS) is 10.9. The average molecular weight is 227 g/mol. The van der Waals surface area contributed by atoms with Gasteiger partial charge in [0, 0.05) is 29.7 Å². The third-order valence-corrected chi connectivity index (χ3v) is 2.47. The van der Waals surface area contributed by atoms with Gasteiger partial charge in [-0.15, -0.1) is 0 Å². The number of aromatic amines is 1. The molecule has 0 aliphatic rings. The van der Waals surface area contributed by atoms with Crippen LogP contribution in [-0.4, -0.2) is 24.6 Å². The Labute approximate surface area is 96.0 Å². The van der Waals surface area contributed by atoms with Crippen LogP contribution in [0.2, 0.25) is 0 Å². The van der Waals surface area contributed by atoms with Crippen LogP contribution >= 0.6 is 0 Å². The molecule has 17 heavy (non-hydrogen) atoms. The molecule has 0 spiro atoms. The van der Waals surface area contributed by atoms with Gasteiger partial charge in [-0.25, -0.2) is 19.3 Å². The van der Waals surface area contributed by atoms with E-state index in [0.717, 1.165) is 11.3 Å². The van der Waals surface area contributed by atoms with Crippen LogP contribution in [0.25, 0.3) is 17.0 Å². The number of pyridine rings is 1. The third-order valence-electron chi connectivity index (χ3n) is 2.47. The molecule has 0 atom stereocenters. The first kappa shape index (κ1) is 9.71. The predicted octanol–water partition coefficient (Wildman–Crippen LogP) is 0.788. The van der Waals surface area contributed by atoms with Gasteiger partial charge in [-0.2, -0.15) is 5.10 Å². The smallest absolute Gasteiger partial charge is 0.265 e. The quantitative estimate of drug-likeness (QED) is 0.666. The maximum atomic E-state index is 11.7. The van der Waals surface area contributed by atoms with Gasteiger partial charge < -0.3 is 0 Å². The zero-order valence-corrected chi connectivity index (χ0v) is 9.08. The van der Waals surface area contributed by atoms with E-state index in [-0.39, 0.29) is 5.69 Å². The molecule has 0 amide bonds. The van der Waals surface area contributed by atoms with Gasteiger partial charge in [0.1, 0.15) is 5.82 Å². The Hall–Kier alpha value is -2.50. The van der Waals surface area contributed by atoms with E-state index in [9.17, 15) is 4.79 Å². The van der Waals surface area contributed by atoms with Crippen LogP contribution in [0.4, 0.5) is 0 Å². The molecule has 3 aromatic heterocycles. The second kappa shape index (κ2) is 3.51. The summed E-state index contributed by atoms with van der Waals surface area (Å²) in [5.74, 6) is 0.571. The Morgan fingerprint density at radius 1 is 1.29 bits per heavy atom. The SMILES string of the molecule is Cc1cc2n[nH]c(=O)n2c(-c2ccncc2)n1. The van der Waals surface area contributed by atoms with Crippen molar-refractivity contribution in [3.05, 3.63) is 46.8 Å². The molecule has 0 bridgehead atoms. The first-order chi connectivity index (χ1) is 8.25. The molecular formula is C11H9N5O. The van der Waals surface area contributed by atoms with Gasteiger partial charge in [0.05, 0.1) is 0 Å². The zero-order valence-electron chi connectivity index (χ0n) is 9.08. The molecule has 0 radical (unpaired) electrons. The maximum Gasteiger partial charge on any atom is 0.349 e. The monoisotopic (exact) mass is 227 g/mol. The predicted molar refractivity (Wildman–Crippen MR) is 61.6 cm³/mol. The summed E-state index contributed by atoms with van der Waals surface area (Å²) in [6, 6.07) is 5.36. The second-order valence-corrected chi connectivity index (χ2v) is 3.68.